The van der Waals surface area contributed by atoms with E-state index < -0.39 is 9.73 Å². The number of nitrogens with zero attached hydrogens (tertiary/aromatic N) is 4. The third kappa shape index (κ3) is 4.47. The molecule has 2 aliphatic rings. The van der Waals surface area contributed by atoms with Gasteiger partial charge in [0, 0.05) is 35.1 Å². The van der Waals surface area contributed by atoms with Gasteiger partial charge in [0.15, 0.2) is 0 Å². The first-order valence-corrected chi connectivity index (χ1v) is 13.1. The normalized spacial score (nSPS) is 22.3. The standard InChI is InChI=1S/C24H28N4O3S/c1-16-12-18(28-32(30)10-3-11-32)14-22-23(16)21(26-15-27-22)13-17-4-2-9-25-24(17)31-20-7-5-19(29)6-8-20/h2,4,9,12,14-15,19-20,29H,3,5-8,10-11,13H2,1H3. The average molecular weight is 453 g/mol. The highest BCUT2D eigenvalue weighted by Crippen LogP contribution is 2.31. The molecule has 1 aliphatic heterocycles. The van der Waals surface area contributed by atoms with Crippen molar-refractivity contribution in [1.29, 1.82) is 0 Å². The summed E-state index contributed by atoms with van der Waals surface area (Å²) in [7, 11) is -2.07. The number of aliphatic hydroxyl groups excluding tert-OH is 1. The number of fused-ring (bicyclic) bond motifs is 1. The van der Waals surface area contributed by atoms with E-state index >= 15 is 0 Å². The Morgan fingerprint density at radius 2 is 1.97 bits per heavy atom. The number of aliphatic hydroxyl groups is 1. The largest absolute Gasteiger partial charge is 0.474 e. The molecule has 168 valence electrons. The van der Waals surface area contributed by atoms with Crippen LogP contribution in [0.1, 0.15) is 48.9 Å². The van der Waals surface area contributed by atoms with Crippen molar-refractivity contribution in [3.63, 3.8) is 0 Å². The Bertz CT molecular complexity index is 1250. The highest BCUT2D eigenvalue weighted by molar-refractivity contribution is 7.95. The Hall–Kier alpha value is -2.58. The van der Waals surface area contributed by atoms with Gasteiger partial charge in [-0.2, -0.15) is 4.36 Å². The van der Waals surface area contributed by atoms with Crippen LogP contribution in [0, 0.1) is 6.92 Å². The molecule has 0 unspecified atom stereocenters. The summed E-state index contributed by atoms with van der Waals surface area (Å²) in [6.45, 7) is 2.02. The van der Waals surface area contributed by atoms with Crippen LogP contribution in [0.25, 0.3) is 10.9 Å². The zero-order valence-corrected chi connectivity index (χ0v) is 19.1. The third-order valence-corrected chi connectivity index (χ3v) is 8.72. The Morgan fingerprint density at radius 1 is 1.16 bits per heavy atom. The fraction of sp³-hybridized carbons (Fsp3) is 0.458. The zero-order valence-electron chi connectivity index (χ0n) is 18.2. The van der Waals surface area contributed by atoms with Crippen LogP contribution in [-0.4, -0.2) is 48.0 Å². The van der Waals surface area contributed by atoms with Crippen molar-refractivity contribution < 1.29 is 14.1 Å². The number of aryl methyl sites for hydroxylation is 1. The Kier molecular flexibility index (Phi) is 5.82. The van der Waals surface area contributed by atoms with E-state index in [2.05, 4.69) is 19.3 Å². The molecule has 0 radical (unpaired) electrons. The van der Waals surface area contributed by atoms with Crippen LogP contribution in [0.5, 0.6) is 5.88 Å². The number of hydrogen-bond acceptors (Lipinski definition) is 7. The van der Waals surface area contributed by atoms with Crippen LogP contribution < -0.4 is 4.74 Å². The minimum atomic E-state index is -2.07. The van der Waals surface area contributed by atoms with Crippen LogP contribution in [0.4, 0.5) is 5.69 Å². The molecule has 8 heteroatoms. The number of aromatic nitrogens is 3. The monoisotopic (exact) mass is 452 g/mol. The third-order valence-electron chi connectivity index (χ3n) is 6.33. The Labute approximate surface area is 188 Å². The fourth-order valence-corrected chi connectivity index (χ4v) is 5.93. The maximum atomic E-state index is 12.6. The Balaban J connectivity index is 1.45. The van der Waals surface area contributed by atoms with Gasteiger partial charge >= 0.3 is 0 Å². The van der Waals surface area contributed by atoms with E-state index in [1.54, 1.807) is 12.5 Å². The molecular weight excluding hydrogens is 424 g/mol. The van der Waals surface area contributed by atoms with Crippen LogP contribution in [0.3, 0.4) is 0 Å². The molecule has 0 bridgehead atoms. The lowest BCUT2D eigenvalue weighted by molar-refractivity contribution is 0.0639. The number of rotatable bonds is 5. The first kappa shape index (κ1) is 21.3. The molecule has 5 rings (SSSR count). The quantitative estimate of drug-likeness (QED) is 0.626. The van der Waals surface area contributed by atoms with Gasteiger partial charge < -0.3 is 9.84 Å². The predicted molar refractivity (Wildman–Crippen MR) is 125 cm³/mol. The molecule has 1 aromatic carbocycles. The molecule has 3 heterocycles. The second-order valence-electron chi connectivity index (χ2n) is 8.80. The Morgan fingerprint density at radius 3 is 2.72 bits per heavy atom. The summed E-state index contributed by atoms with van der Waals surface area (Å²) >= 11 is 0. The van der Waals surface area contributed by atoms with E-state index in [9.17, 15) is 9.32 Å². The first-order chi connectivity index (χ1) is 15.5. The van der Waals surface area contributed by atoms with Crippen molar-refractivity contribution in [2.45, 2.75) is 57.7 Å². The molecule has 2 fully saturated rings. The second kappa shape index (κ2) is 8.75. The number of ether oxygens (including phenoxy) is 1. The first-order valence-electron chi connectivity index (χ1n) is 11.2. The van der Waals surface area contributed by atoms with E-state index in [0.717, 1.165) is 65.5 Å². The van der Waals surface area contributed by atoms with Gasteiger partial charge in [-0.15, -0.1) is 0 Å². The van der Waals surface area contributed by atoms with Crippen LogP contribution in [0.15, 0.2) is 41.2 Å². The SMILES string of the molecule is Cc1cc(N=S2(=O)CCC2)cc2ncnc(Cc3cccnc3OC3CCC(O)CC3)c12. The molecule has 1 saturated heterocycles. The minimum Gasteiger partial charge on any atom is -0.474 e. The molecule has 0 amide bonds. The summed E-state index contributed by atoms with van der Waals surface area (Å²) in [4.78, 5) is 13.5. The maximum absolute atomic E-state index is 12.6. The minimum absolute atomic E-state index is 0.0773. The van der Waals surface area contributed by atoms with Gasteiger partial charge in [-0.25, -0.2) is 19.2 Å². The van der Waals surface area contributed by atoms with Crippen LogP contribution >= 0.6 is 0 Å². The molecule has 7 nitrogen and oxygen atoms in total. The van der Waals surface area contributed by atoms with E-state index in [4.69, 9.17) is 4.74 Å². The highest BCUT2D eigenvalue weighted by Gasteiger charge is 2.23. The van der Waals surface area contributed by atoms with E-state index in [1.807, 2.05) is 31.2 Å². The maximum Gasteiger partial charge on any atom is 0.217 e. The average Bonchev–Trinajstić information content (AvgIpc) is 2.75. The summed E-state index contributed by atoms with van der Waals surface area (Å²) < 4.78 is 23.3. The molecule has 1 N–H and O–H groups in total. The fourth-order valence-electron chi connectivity index (χ4n) is 4.48. The molecule has 0 atom stereocenters. The number of pyridine rings is 1. The predicted octanol–water partition coefficient (Wildman–Crippen LogP) is 4.11. The summed E-state index contributed by atoms with van der Waals surface area (Å²) in [6, 6.07) is 7.82. The number of hydrogen-bond donors (Lipinski definition) is 1. The lowest BCUT2D eigenvalue weighted by atomic mass is 9.95. The second-order valence-corrected chi connectivity index (χ2v) is 11.3. The lowest BCUT2D eigenvalue weighted by Gasteiger charge is -2.26. The van der Waals surface area contributed by atoms with Gasteiger partial charge in [0.2, 0.25) is 5.88 Å². The van der Waals surface area contributed by atoms with Crippen molar-refractivity contribution >= 4 is 26.3 Å². The van der Waals surface area contributed by atoms with Crippen LogP contribution in [-0.2, 0) is 16.1 Å². The molecule has 0 spiro atoms. The van der Waals surface area contributed by atoms with E-state index in [0.29, 0.717) is 23.8 Å². The molecule has 32 heavy (non-hydrogen) atoms. The van der Waals surface area contributed by atoms with Crippen molar-refractivity contribution in [2.24, 2.45) is 4.36 Å². The summed E-state index contributed by atoms with van der Waals surface area (Å²) in [5.74, 6) is 2.00. The van der Waals surface area contributed by atoms with Gasteiger partial charge in [-0.1, -0.05) is 6.07 Å². The van der Waals surface area contributed by atoms with Gasteiger partial charge in [-0.05, 0) is 62.8 Å². The summed E-state index contributed by atoms with van der Waals surface area (Å²) in [5.41, 5.74) is 4.44. The molecule has 1 saturated carbocycles. The lowest BCUT2D eigenvalue weighted by Crippen LogP contribution is -2.27. The summed E-state index contributed by atoms with van der Waals surface area (Å²) in [5, 5.41) is 10.8. The van der Waals surface area contributed by atoms with Crippen LogP contribution in [0.2, 0.25) is 0 Å². The highest BCUT2D eigenvalue weighted by atomic mass is 32.2. The van der Waals surface area contributed by atoms with E-state index in [1.165, 1.54) is 0 Å². The van der Waals surface area contributed by atoms with E-state index in [-0.39, 0.29) is 12.2 Å². The van der Waals surface area contributed by atoms with Gasteiger partial charge in [0.1, 0.15) is 12.4 Å². The van der Waals surface area contributed by atoms with Crippen molar-refractivity contribution in [2.75, 3.05) is 11.5 Å². The van der Waals surface area contributed by atoms with Crippen molar-refractivity contribution in [1.82, 2.24) is 15.0 Å². The van der Waals surface area contributed by atoms with Crippen molar-refractivity contribution in [3.05, 3.63) is 53.6 Å². The summed E-state index contributed by atoms with van der Waals surface area (Å²) in [6.07, 6.45) is 7.94. The van der Waals surface area contributed by atoms with Crippen molar-refractivity contribution in [3.8, 4) is 5.88 Å². The molecular formula is C24H28N4O3S. The molecule has 3 aromatic rings. The smallest absolute Gasteiger partial charge is 0.217 e. The van der Waals surface area contributed by atoms with Gasteiger partial charge in [-0.3, -0.25) is 0 Å². The van der Waals surface area contributed by atoms with Gasteiger partial charge in [0.25, 0.3) is 0 Å². The topological polar surface area (TPSA) is 97.6 Å². The number of benzene rings is 1. The zero-order chi connectivity index (χ0) is 22.1. The molecule has 2 aromatic heterocycles. The van der Waals surface area contributed by atoms with Gasteiger partial charge in [0.05, 0.1) is 32.7 Å². The molecule has 1 aliphatic carbocycles.